The van der Waals surface area contributed by atoms with Crippen molar-refractivity contribution in [2.24, 2.45) is 0 Å². The van der Waals surface area contributed by atoms with Gasteiger partial charge in [0.2, 0.25) is 5.91 Å². The average molecular weight is 422 g/mol. The first-order chi connectivity index (χ1) is 13.6. The Hall–Kier alpha value is -1.86. The smallest absolute Gasteiger partial charge is 0.341 e. The molecule has 1 aliphatic rings. The third-order valence-corrected chi connectivity index (χ3v) is 6.79. The Morgan fingerprint density at radius 3 is 2.68 bits per heavy atom. The lowest BCUT2D eigenvalue weighted by molar-refractivity contribution is -0.115. The van der Waals surface area contributed by atoms with Crippen molar-refractivity contribution in [3.63, 3.8) is 0 Å². The number of amides is 1. The minimum Gasteiger partial charge on any atom is -0.462 e. The summed E-state index contributed by atoms with van der Waals surface area (Å²) < 4.78 is 18.2. The van der Waals surface area contributed by atoms with Gasteiger partial charge in [0.1, 0.15) is 10.8 Å². The number of thiophene rings is 1. The monoisotopic (exact) mass is 421 g/mol. The molecule has 0 atom stereocenters. The van der Waals surface area contributed by atoms with Crippen LogP contribution in [0.25, 0.3) is 0 Å². The van der Waals surface area contributed by atoms with Crippen LogP contribution in [0.5, 0.6) is 0 Å². The van der Waals surface area contributed by atoms with Crippen molar-refractivity contribution in [3.05, 3.63) is 46.1 Å². The van der Waals surface area contributed by atoms with Gasteiger partial charge < -0.3 is 10.1 Å². The zero-order valence-electron chi connectivity index (χ0n) is 15.9. The van der Waals surface area contributed by atoms with Gasteiger partial charge in [0.15, 0.2) is 0 Å². The summed E-state index contributed by atoms with van der Waals surface area (Å²) in [4.78, 5) is 27.1. The third kappa shape index (κ3) is 5.35. The highest BCUT2D eigenvalue weighted by Crippen LogP contribution is 2.38. The van der Waals surface area contributed by atoms with Crippen LogP contribution in [0.2, 0.25) is 0 Å². The number of anilines is 1. The Morgan fingerprint density at radius 2 is 1.93 bits per heavy atom. The van der Waals surface area contributed by atoms with Gasteiger partial charge >= 0.3 is 5.97 Å². The average Bonchev–Trinajstić information content (AvgIpc) is 2.84. The number of hydrogen-bond acceptors (Lipinski definition) is 5. The van der Waals surface area contributed by atoms with Gasteiger partial charge in [-0.2, -0.15) is 0 Å². The van der Waals surface area contributed by atoms with Gasteiger partial charge in [-0.05, 0) is 62.4 Å². The van der Waals surface area contributed by atoms with E-state index < -0.39 is 0 Å². The van der Waals surface area contributed by atoms with E-state index in [9.17, 15) is 14.0 Å². The number of nitrogens with one attached hydrogen (secondary N) is 1. The molecule has 3 rings (SSSR count). The Morgan fingerprint density at radius 1 is 1.18 bits per heavy atom. The van der Waals surface area contributed by atoms with Gasteiger partial charge in [-0.1, -0.05) is 6.42 Å². The van der Waals surface area contributed by atoms with E-state index >= 15 is 0 Å². The highest BCUT2D eigenvalue weighted by atomic mass is 32.2. The molecule has 1 aliphatic carbocycles. The van der Waals surface area contributed by atoms with Crippen LogP contribution in [0.4, 0.5) is 9.39 Å². The molecule has 0 unspecified atom stereocenters. The highest BCUT2D eigenvalue weighted by molar-refractivity contribution is 7.99. The molecular formula is C21H24FNO3S2. The van der Waals surface area contributed by atoms with Crippen LogP contribution in [-0.2, 0) is 22.4 Å². The number of hydrogen-bond donors (Lipinski definition) is 1. The first-order valence-electron chi connectivity index (χ1n) is 9.58. The zero-order chi connectivity index (χ0) is 19.9. The first-order valence-corrected chi connectivity index (χ1v) is 11.4. The maximum absolute atomic E-state index is 13.0. The number of ether oxygens (including phenoxy) is 1. The Balaban J connectivity index is 1.65. The summed E-state index contributed by atoms with van der Waals surface area (Å²) in [6.07, 6.45) is 5.44. The van der Waals surface area contributed by atoms with Gasteiger partial charge in [0.25, 0.3) is 0 Å². The molecule has 1 aromatic carbocycles. The van der Waals surface area contributed by atoms with Crippen molar-refractivity contribution in [2.75, 3.05) is 17.7 Å². The molecule has 1 amide bonds. The van der Waals surface area contributed by atoms with E-state index in [0.717, 1.165) is 42.6 Å². The van der Waals surface area contributed by atoms with Crippen LogP contribution in [0.3, 0.4) is 0 Å². The molecule has 0 aliphatic heterocycles. The molecular weight excluding hydrogens is 397 g/mol. The van der Waals surface area contributed by atoms with Gasteiger partial charge in [-0.25, -0.2) is 9.18 Å². The van der Waals surface area contributed by atoms with Gasteiger partial charge in [0.05, 0.1) is 12.2 Å². The molecule has 4 nitrogen and oxygen atoms in total. The van der Waals surface area contributed by atoms with E-state index in [-0.39, 0.29) is 17.7 Å². The number of esters is 1. The molecule has 1 aromatic heterocycles. The number of halogens is 1. The fraction of sp³-hybridized carbons (Fsp3) is 0.429. The predicted molar refractivity (Wildman–Crippen MR) is 112 cm³/mol. The number of aryl methyl sites for hydroxylation is 1. The van der Waals surface area contributed by atoms with E-state index in [1.807, 2.05) is 0 Å². The van der Waals surface area contributed by atoms with E-state index in [0.29, 0.717) is 29.3 Å². The summed E-state index contributed by atoms with van der Waals surface area (Å²) in [5, 5.41) is 3.54. The van der Waals surface area contributed by atoms with Crippen LogP contribution >= 0.6 is 23.1 Å². The predicted octanol–water partition coefficient (Wildman–Crippen LogP) is 5.45. The molecule has 28 heavy (non-hydrogen) atoms. The summed E-state index contributed by atoms with van der Waals surface area (Å²) in [6, 6.07) is 6.22. The number of carbonyl (C=O) groups excluding carboxylic acids is 2. The molecule has 150 valence electrons. The lowest BCUT2D eigenvalue weighted by atomic mass is 10.1. The summed E-state index contributed by atoms with van der Waals surface area (Å²) in [5.41, 5.74) is 1.60. The van der Waals surface area contributed by atoms with Crippen LogP contribution in [0.1, 0.15) is 53.4 Å². The maximum atomic E-state index is 13.0. The third-order valence-electron chi connectivity index (χ3n) is 4.57. The summed E-state index contributed by atoms with van der Waals surface area (Å²) in [7, 11) is 0. The Labute approximate surface area is 172 Å². The summed E-state index contributed by atoms with van der Waals surface area (Å²) >= 11 is 3.01. The summed E-state index contributed by atoms with van der Waals surface area (Å²) in [6.45, 7) is 2.10. The SMILES string of the molecule is CCOC(=O)c1c(NC(=O)CCSc2ccc(F)cc2)sc2c1CCCCC2. The van der Waals surface area contributed by atoms with E-state index in [1.165, 1.54) is 40.1 Å². The van der Waals surface area contributed by atoms with Gasteiger partial charge in [0, 0.05) is 21.9 Å². The lowest BCUT2D eigenvalue weighted by Crippen LogP contribution is -2.15. The minimum atomic E-state index is -0.349. The van der Waals surface area contributed by atoms with E-state index in [4.69, 9.17) is 4.74 Å². The van der Waals surface area contributed by atoms with Crippen LogP contribution in [-0.4, -0.2) is 24.2 Å². The van der Waals surface area contributed by atoms with Crippen molar-refractivity contribution in [1.82, 2.24) is 0 Å². The highest BCUT2D eigenvalue weighted by Gasteiger charge is 2.26. The van der Waals surface area contributed by atoms with Crippen molar-refractivity contribution < 1.29 is 18.7 Å². The molecule has 0 bridgehead atoms. The van der Waals surface area contributed by atoms with Crippen molar-refractivity contribution in [1.29, 1.82) is 0 Å². The molecule has 1 heterocycles. The number of benzene rings is 1. The number of fused-ring (bicyclic) bond motifs is 1. The zero-order valence-corrected chi connectivity index (χ0v) is 17.5. The van der Waals surface area contributed by atoms with Crippen molar-refractivity contribution in [3.8, 4) is 0 Å². The molecule has 2 aromatic rings. The quantitative estimate of drug-likeness (QED) is 0.367. The number of rotatable bonds is 7. The Kier molecular flexibility index (Phi) is 7.50. The maximum Gasteiger partial charge on any atom is 0.341 e. The second kappa shape index (κ2) is 10.1. The van der Waals surface area contributed by atoms with Crippen LogP contribution in [0.15, 0.2) is 29.2 Å². The molecule has 0 fully saturated rings. The normalized spacial score (nSPS) is 13.5. The second-order valence-corrected chi connectivity index (χ2v) is 8.86. The van der Waals surface area contributed by atoms with Crippen molar-refractivity contribution >= 4 is 40.0 Å². The lowest BCUT2D eigenvalue weighted by Gasteiger charge is -2.08. The summed E-state index contributed by atoms with van der Waals surface area (Å²) in [5.74, 6) is -0.169. The van der Waals surface area contributed by atoms with Gasteiger partial charge in [-0.3, -0.25) is 4.79 Å². The topological polar surface area (TPSA) is 55.4 Å². The fourth-order valence-corrected chi connectivity index (χ4v) is 5.38. The Bertz CT molecular complexity index is 833. The number of carbonyl (C=O) groups is 2. The first kappa shape index (κ1) is 20.9. The second-order valence-electron chi connectivity index (χ2n) is 6.59. The molecule has 1 N–H and O–H groups in total. The van der Waals surface area contributed by atoms with Crippen LogP contribution < -0.4 is 5.32 Å². The van der Waals surface area contributed by atoms with E-state index in [2.05, 4.69) is 5.32 Å². The van der Waals surface area contributed by atoms with Crippen molar-refractivity contribution in [2.45, 2.75) is 50.3 Å². The molecule has 7 heteroatoms. The fourth-order valence-electron chi connectivity index (χ4n) is 3.23. The van der Waals surface area contributed by atoms with E-state index in [1.54, 1.807) is 19.1 Å². The number of thioether (sulfide) groups is 1. The molecule has 0 spiro atoms. The standard InChI is InChI=1S/C21H24FNO3S2/c1-2-26-21(25)19-16-6-4-3-5-7-17(16)28-20(19)23-18(24)12-13-27-15-10-8-14(22)9-11-15/h8-11H,2-7,12-13H2,1H3,(H,23,24). The van der Waals surface area contributed by atoms with Gasteiger partial charge in [-0.15, -0.1) is 23.1 Å². The molecule has 0 saturated carbocycles. The molecule has 0 radical (unpaired) electrons. The largest absolute Gasteiger partial charge is 0.462 e. The minimum absolute atomic E-state index is 0.128. The molecule has 0 saturated heterocycles. The van der Waals surface area contributed by atoms with Crippen LogP contribution in [0, 0.1) is 5.82 Å².